The average Bonchev–Trinajstić information content (AvgIpc) is 2.70. The molecule has 1 N–H and O–H groups in total. The third kappa shape index (κ3) is 1.51. The van der Waals surface area contributed by atoms with Crippen LogP contribution in [0.2, 0.25) is 0 Å². The van der Waals surface area contributed by atoms with Crippen molar-refractivity contribution in [3.05, 3.63) is 0 Å². The molecule has 0 spiro atoms. The van der Waals surface area contributed by atoms with E-state index in [9.17, 15) is 9.90 Å². The Balaban J connectivity index is 1.83. The topological polar surface area (TPSA) is 55.8 Å². The molecule has 0 aromatic rings. The number of ether oxygens (including phenoxy) is 2. The van der Waals surface area contributed by atoms with Crippen LogP contribution in [-0.2, 0) is 14.3 Å². The lowest BCUT2D eigenvalue weighted by atomic mass is 9.72. The monoisotopic (exact) mass is 226 g/mol. The van der Waals surface area contributed by atoms with Crippen LogP contribution in [0.15, 0.2) is 0 Å². The van der Waals surface area contributed by atoms with Gasteiger partial charge < -0.3 is 14.6 Å². The number of Topliss-reactive ketones (excluding diaryl/α,β-unsaturated/α-hetero) is 1. The molecule has 1 aliphatic carbocycles. The maximum atomic E-state index is 11.9. The molecule has 1 saturated carbocycles. The zero-order valence-corrected chi connectivity index (χ0v) is 9.35. The largest absolute Gasteiger partial charge is 0.384 e. The summed E-state index contributed by atoms with van der Waals surface area (Å²) in [5, 5.41) is 10.7. The van der Waals surface area contributed by atoms with Crippen LogP contribution in [0.4, 0.5) is 0 Å². The minimum atomic E-state index is -1.06. The molecule has 2 saturated heterocycles. The van der Waals surface area contributed by atoms with Crippen molar-refractivity contribution in [2.75, 3.05) is 6.61 Å². The third-order valence-corrected chi connectivity index (χ3v) is 4.18. The first-order chi connectivity index (χ1) is 7.70. The van der Waals surface area contributed by atoms with E-state index in [4.69, 9.17) is 9.47 Å². The Hall–Kier alpha value is -0.450. The van der Waals surface area contributed by atoms with Gasteiger partial charge in [0.05, 0.1) is 18.6 Å². The van der Waals surface area contributed by atoms with Crippen molar-refractivity contribution in [2.45, 2.75) is 56.5 Å². The molecule has 0 aromatic carbocycles. The Labute approximate surface area is 94.9 Å². The number of hydrogen-bond acceptors (Lipinski definition) is 4. The summed E-state index contributed by atoms with van der Waals surface area (Å²) >= 11 is 0. The predicted octanol–water partition coefficient (Wildman–Crippen LogP) is 1.01. The third-order valence-electron chi connectivity index (χ3n) is 4.18. The molecule has 90 valence electrons. The van der Waals surface area contributed by atoms with Gasteiger partial charge in [-0.15, -0.1) is 0 Å². The van der Waals surface area contributed by atoms with Crippen molar-refractivity contribution in [1.29, 1.82) is 0 Å². The normalized spacial score (nSPS) is 48.3. The number of rotatable bonds is 1. The van der Waals surface area contributed by atoms with Gasteiger partial charge in [0.2, 0.25) is 0 Å². The summed E-state index contributed by atoms with van der Waals surface area (Å²) < 4.78 is 11.1. The van der Waals surface area contributed by atoms with Gasteiger partial charge in [-0.1, -0.05) is 6.42 Å². The summed E-state index contributed by atoms with van der Waals surface area (Å²) in [4.78, 5) is 11.9. The van der Waals surface area contributed by atoms with Gasteiger partial charge in [-0.05, 0) is 25.7 Å². The molecule has 2 aliphatic heterocycles. The van der Waals surface area contributed by atoms with E-state index in [1.165, 1.54) is 0 Å². The van der Waals surface area contributed by atoms with Crippen molar-refractivity contribution >= 4 is 5.78 Å². The molecule has 3 rings (SSSR count). The highest BCUT2D eigenvalue weighted by Gasteiger charge is 2.54. The maximum absolute atomic E-state index is 11.9. The Morgan fingerprint density at radius 3 is 3.00 bits per heavy atom. The summed E-state index contributed by atoms with van der Waals surface area (Å²) in [6, 6.07) is 0. The minimum absolute atomic E-state index is 0.129. The van der Waals surface area contributed by atoms with Crippen molar-refractivity contribution in [3.8, 4) is 0 Å². The molecule has 0 amide bonds. The first-order valence-corrected chi connectivity index (χ1v) is 6.22. The van der Waals surface area contributed by atoms with Gasteiger partial charge in [0.1, 0.15) is 11.4 Å². The number of ketones is 1. The second-order valence-electron chi connectivity index (χ2n) is 5.22. The van der Waals surface area contributed by atoms with Crippen molar-refractivity contribution in [3.63, 3.8) is 0 Å². The number of hydrogen-bond donors (Lipinski definition) is 1. The van der Waals surface area contributed by atoms with E-state index >= 15 is 0 Å². The van der Waals surface area contributed by atoms with Gasteiger partial charge in [-0.2, -0.15) is 0 Å². The number of carbonyl (C=O) groups excluding carboxylic acids is 1. The predicted molar refractivity (Wildman–Crippen MR) is 55.8 cm³/mol. The molecule has 2 unspecified atom stereocenters. The molecule has 0 radical (unpaired) electrons. The smallest absolute Gasteiger partial charge is 0.187 e. The number of aliphatic hydroxyl groups is 1. The van der Waals surface area contributed by atoms with E-state index in [1.54, 1.807) is 0 Å². The second-order valence-corrected chi connectivity index (χ2v) is 5.22. The van der Waals surface area contributed by atoms with Crippen LogP contribution >= 0.6 is 0 Å². The van der Waals surface area contributed by atoms with E-state index in [2.05, 4.69) is 0 Å². The summed E-state index contributed by atoms with van der Waals surface area (Å²) in [6.07, 6.45) is 4.36. The maximum Gasteiger partial charge on any atom is 0.187 e. The standard InChI is InChI=1S/C12H18O4/c13-10-4-2-1-3-9(10)12(14)6-5-8-7-15-11(12)16-8/h8-9,11,14H,1-7H2/t8-,9?,11+,12?/m0/s1. The Bertz CT molecular complexity index is 303. The molecular formula is C12H18O4. The van der Waals surface area contributed by atoms with Crippen LogP contribution in [0.1, 0.15) is 38.5 Å². The first kappa shape index (κ1) is 10.7. The Morgan fingerprint density at radius 2 is 2.19 bits per heavy atom. The highest BCUT2D eigenvalue weighted by molar-refractivity contribution is 5.82. The molecule has 4 atom stereocenters. The van der Waals surface area contributed by atoms with Crippen molar-refractivity contribution in [2.24, 2.45) is 5.92 Å². The van der Waals surface area contributed by atoms with Gasteiger partial charge in [-0.25, -0.2) is 0 Å². The van der Waals surface area contributed by atoms with Gasteiger partial charge in [-0.3, -0.25) is 4.79 Å². The summed E-state index contributed by atoms with van der Waals surface area (Å²) in [5.74, 6) is -0.0865. The van der Waals surface area contributed by atoms with Crippen LogP contribution < -0.4 is 0 Å². The second kappa shape index (κ2) is 3.79. The van der Waals surface area contributed by atoms with Gasteiger partial charge in [0, 0.05) is 6.42 Å². The number of carbonyl (C=O) groups is 1. The molecule has 2 bridgehead atoms. The fourth-order valence-electron chi connectivity index (χ4n) is 3.22. The van der Waals surface area contributed by atoms with Crippen LogP contribution in [0.3, 0.4) is 0 Å². The lowest BCUT2D eigenvalue weighted by molar-refractivity contribution is -0.233. The molecule has 3 fully saturated rings. The van der Waals surface area contributed by atoms with E-state index in [0.717, 1.165) is 25.7 Å². The molecule has 4 nitrogen and oxygen atoms in total. The molecule has 0 aromatic heterocycles. The van der Waals surface area contributed by atoms with Crippen molar-refractivity contribution < 1.29 is 19.4 Å². The number of fused-ring (bicyclic) bond motifs is 2. The average molecular weight is 226 g/mol. The quantitative estimate of drug-likeness (QED) is 0.725. The van der Waals surface area contributed by atoms with Gasteiger partial charge >= 0.3 is 0 Å². The SMILES string of the molecule is O=C1CCCCC1C1(O)CC[C@H]2CO[C@@H]1O2. The molecule has 4 heteroatoms. The van der Waals surface area contributed by atoms with Gasteiger partial charge in [0.25, 0.3) is 0 Å². The summed E-state index contributed by atoms with van der Waals surface area (Å²) in [6.45, 7) is 0.563. The fraction of sp³-hybridized carbons (Fsp3) is 0.917. The zero-order chi connectivity index (χ0) is 11.2. The first-order valence-electron chi connectivity index (χ1n) is 6.22. The zero-order valence-electron chi connectivity index (χ0n) is 9.35. The van der Waals surface area contributed by atoms with Gasteiger partial charge in [0.15, 0.2) is 6.29 Å². The molecule has 16 heavy (non-hydrogen) atoms. The highest BCUT2D eigenvalue weighted by atomic mass is 16.7. The van der Waals surface area contributed by atoms with Crippen LogP contribution in [0, 0.1) is 5.92 Å². The fourth-order valence-corrected chi connectivity index (χ4v) is 3.22. The van der Waals surface area contributed by atoms with Crippen LogP contribution in [0.5, 0.6) is 0 Å². The van der Waals surface area contributed by atoms with E-state index in [1.807, 2.05) is 0 Å². The molecule has 2 heterocycles. The van der Waals surface area contributed by atoms with E-state index in [0.29, 0.717) is 19.4 Å². The van der Waals surface area contributed by atoms with Crippen LogP contribution in [-0.4, -0.2) is 35.5 Å². The van der Waals surface area contributed by atoms with Crippen molar-refractivity contribution in [1.82, 2.24) is 0 Å². The summed E-state index contributed by atoms with van der Waals surface area (Å²) in [5.41, 5.74) is -1.06. The molecular weight excluding hydrogens is 208 g/mol. The van der Waals surface area contributed by atoms with E-state index in [-0.39, 0.29) is 17.8 Å². The minimum Gasteiger partial charge on any atom is -0.384 e. The highest BCUT2D eigenvalue weighted by Crippen LogP contribution is 2.43. The lowest BCUT2D eigenvalue weighted by Crippen LogP contribution is -2.55. The van der Waals surface area contributed by atoms with Crippen LogP contribution in [0.25, 0.3) is 0 Å². The Morgan fingerprint density at radius 1 is 1.31 bits per heavy atom. The van der Waals surface area contributed by atoms with E-state index < -0.39 is 11.9 Å². The Kier molecular flexibility index (Phi) is 2.53. The lowest BCUT2D eigenvalue weighted by Gasteiger charge is -2.42. The summed E-state index contributed by atoms with van der Waals surface area (Å²) in [7, 11) is 0. The molecule has 3 aliphatic rings.